The number of aliphatic imine (C=N–C) groups is 1. The first-order valence-electron chi connectivity index (χ1n) is 11.7. The third-order valence-electron chi connectivity index (χ3n) is 5.87. The van der Waals surface area contributed by atoms with Gasteiger partial charge in [-0.25, -0.2) is 0 Å². The van der Waals surface area contributed by atoms with Crippen LogP contribution in [0.3, 0.4) is 0 Å². The van der Waals surface area contributed by atoms with E-state index in [2.05, 4.69) is 41.4 Å². The number of hydrogen-bond donors (Lipinski definition) is 0. The summed E-state index contributed by atoms with van der Waals surface area (Å²) in [5.41, 5.74) is 5.20. The number of para-hydroxylation sites is 1. The number of nitrogens with zero attached hydrogens (tertiary/aromatic N) is 2. The maximum atomic E-state index is 13.1. The molecule has 0 aliphatic carbocycles. The molecule has 1 amide bonds. The first kappa shape index (κ1) is 22.4. The molecule has 5 rings (SSSR count). The van der Waals surface area contributed by atoms with Gasteiger partial charge in [0, 0.05) is 18.7 Å². The van der Waals surface area contributed by atoms with Gasteiger partial charge < -0.3 is 14.4 Å². The van der Waals surface area contributed by atoms with Crippen LogP contribution >= 0.6 is 0 Å². The Bertz CT molecular complexity index is 1300. The molecule has 0 radical (unpaired) electrons. The van der Waals surface area contributed by atoms with E-state index in [4.69, 9.17) is 9.47 Å². The summed E-state index contributed by atoms with van der Waals surface area (Å²) in [5, 5.41) is 0. The zero-order valence-electron chi connectivity index (χ0n) is 19.6. The highest BCUT2D eigenvalue weighted by molar-refractivity contribution is 6.01. The summed E-state index contributed by atoms with van der Waals surface area (Å²) in [5.74, 6) is 1.04. The van der Waals surface area contributed by atoms with Gasteiger partial charge in [-0.1, -0.05) is 66.7 Å². The summed E-state index contributed by atoms with van der Waals surface area (Å²) in [6.45, 7) is 3.51. The molecule has 0 saturated carbocycles. The highest BCUT2D eigenvalue weighted by Gasteiger charge is 2.23. The molecule has 1 heterocycles. The summed E-state index contributed by atoms with van der Waals surface area (Å²) in [6, 6.07) is 33.5. The smallest absolute Gasteiger partial charge is 0.296 e. The highest BCUT2D eigenvalue weighted by Crippen LogP contribution is 2.32. The topological polar surface area (TPSA) is 51.1 Å². The van der Waals surface area contributed by atoms with Gasteiger partial charge >= 0.3 is 0 Å². The van der Waals surface area contributed by atoms with Crippen LogP contribution in [0.2, 0.25) is 0 Å². The summed E-state index contributed by atoms with van der Waals surface area (Å²) in [7, 11) is 0. The van der Waals surface area contributed by atoms with Gasteiger partial charge in [0.2, 0.25) is 0 Å². The van der Waals surface area contributed by atoms with Crippen LogP contribution in [-0.4, -0.2) is 23.4 Å². The average Bonchev–Trinajstić information content (AvgIpc) is 3.06. The van der Waals surface area contributed by atoms with Crippen molar-refractivity contribution in [3.05, 3.63) is 120 Å². The Morgan fingerprint density at radius 3 is 1.89 bits per heavy atom. The molecule has 0 spiro atoms. The van der Waals surface area contributed by atoms with E-state index in [1.807, 2.05) is 54.3 Å². The van der Waals surface area contributed by atoms with Crippen molar-refractivity contribution in [1.82, 2.24) is 4.90 Å². The van der Waals surface area contributed by atoms with Gasteiger partial charge in [-0.2, -0.15) is 4.99 Å². The number of hydrogen-bond acceptors (Lipinski definition) is 3. The fourth-order valence-corrected chi connectivity index (χ4v) is 4.21. The highest BCUT2D eigenvalue weighted by atomic mass is 16.5. The van der Waals surface area contributed by atoms with Gasteiger partial charge in [0.25, 0.3) is 11.9 Å². The Kier molecular flexibility index (Phi) is 6.57. The number of rotatable bonds is 4. The van der Waals surface area contributed by atoms with Crippen LogP contribution in [0.15, 0.2) is 108 Å². The first-order valence-corrected chi connectivity index (χ1v) is 11.7. The maximum absolute atomic E-state index is 13.1. The second kappa shape index (κ2) is 10.3. The van der Waals surface area contributed by atoms with Crippen LogP contribution in [-0.2, 0) is 17.8 Å². The largest absolute Gasteiger partial charge is 0.465 e. The first-order chi connectivity index (χ1) is 17.2. The van der Waals surface area contributed by atoms with E-state index in [0.717, 1.165) is 5.75 Å². The summed E-state index contributed by atoms with van der Waals surface area (Å²) in [6.07, 6.45) is 0. The fraction of sp³-hybridized carbons (Fsp3) is 0.133. The third-order valence-corrected chi connectivity index (χ3v) is 5.87. The van der Waals surface area contributed by atoms with Crippen LogP contribution in [0.4, 0.5) is 0 Å². The standard InChI is InChI=1S/C30H26N2O3/c1-2-34-30(31-29(33)22-16-18-26(19-17-22)35-25-12-4-3-5-13-25)32-20-23-10-6-8-14-27(23)28-15-9-7-11-24(28)21-32/h3-19H,2,20-21H2,1H3. The monoisotopic (exact) mass is 462 g/mol. The average molecular weight is 463 g/mol. The SMILES string of the molecule is CCOC(=NC(=O)c1ccc(Oc2ccccc2)cc1)N1Cc2ccccc2-c2ccccc2C1. The molecule has 1 aliphatic heterocycles. The van der Waals surface area contributed by atoms with Gasteiger partial charge in [-0.05, 0) is 65.6 Å². The van der Waals surface area contributed by atoms with Crippen LogP contribution in [0.1, 0.15) is 28.4 Å². The minimum atomic E-state index is -0.356. The molecule has 0 N–H and O–H groups in total. The molecule has 4 aromatic carbocycles. The second-order valence-corrected chi connectivity index (χ2v) is 8.24. The van der Waals surface area contributed by atoms with E-state index < -0.39 is 0 Å². The lowest BCUT2D eigenvalue weighted by Gasteiger charge is -2.24. The molecule has 0 unspecified atom stereocenters. The Morgan fingerprint density at radius 2 is 1.29 bits per heavy atom. The van der Waals surface area contributed by atoms with E-state index >= 15 is 0 Å². The number of benzene rings is 4. The predicted molar refractivity (Wildman–Crippen MR) is 137 cm³/mol. The lowest BCUT2D eigenvalue weighted by atomic mass is 9.97. The Morgan fingerprint density at radius 1 is 0.743 bits per heavy atom. The number of fused-ring (bicyclic) bond motifs is 3. The molecule has 0 saturated heterocycles. The van der Waals surface area contributed by atoms with Gasteiger partial charge in [-0.15, -0.1) is 0 Å². The molecule has 4 aromatic rings. The molecular formula is C30H26N2O3. The molecule has 1 aliphatic rings. The third kappa shape index (κ3) is 5.09. The van der Waals surface area contributed by atoms with Crippen LogP contribution in [0.5, 0.6) is 11.5 Å². The summed E-state index contributed by atoms with van der Waals surface area (Å²) >= 11 is 0. The Balaban J connectivity index is 1.41. The van der Waals surface area contributed by atoms with Crippen molar-refractivity contribution in [3.8, 4) is 22.6 Å². The van der Waals surface area contributed by atoms with Crippen molar-refractivity contribution < 1.29 is 14.3 Å². The fourth-order valence-electron chi connectivity index (χ4n) is 4.21. The van der Waals surface area contributed by atoms with Crippen molar-refractivity contribution in [1.29, 1.82) is 0 Å². The molecule has 0 bridgehead atoms. The zero-order valence-corrected chi connectivity index (χ0v) is 19.6. The molecule has 0 atom stereocenters. The Hall–Kier alpha value is -4.38. The molecule has 0 fully saturated rings. The number of amidine groups is 1. The minimum Gasteiger partial charge on any atom is -0.465 e. The lowest BCUT2D eigenvalue weighted by Crippen LogP contribution is -2.32. The maximum Gasteiger partial charge on any atom is 0.296 e. The predicted octanol–water partition coefficient (Wildman–Crippen LogP) is 6.69. The molecule has 174 valence electrons. The number of carbonyl (C=O) groups excluding carboxylic acids is 1. The van der Waals surface area contributed by atoms with Crippen molar-refractivity contribution >= 4 is 11.9 Å². The molecule has 0 aromatic heterocycles. The second-order valence-electron chi connectivity index (χ2n) is 8.24. The summed E-state index contributed by atoms with van der Waals surface area (Å²) in [4.78, 5) is 19.5. The van der Waals surface area contributed by atoms with Gasteiger partial charge in [0.15, 0.2) is 0 Å². The van der Waals surface area contributed by atoms with E-state index in [1.54, 1.807) is 24.3 Å². The van der Waals surface area contributed by atoms with Crippen molar-refractivity contribution in [2.45, 2.75) is 20.0 Å². The van der Waals surface area contributed by atoms with Crippen LogP contribution < -0.4 is 4.74 Å². The van der Waals surface area contributed by atoms with Gasteiger partial charge in [0.05, 0.1) is 6.61 Å². The van der Waals surface area contributed by atoms with Gasteiger partial charge in [0.1, 0.15) is 11.5 Å². The van der Waals surface area contributed by atoms with Crippen LogP contribution in [0, 0.1) is 0 Å². The quantitative estimate of drug-likeness (QED) is 0.250. The van der Waals surface area contributed by atoms with Crippen molar-refractivity contribution in [2.24, 2.45) is 4.99 Å². The zero-order chi connectivity index (χ0) is 24.0. The number of amides is 1. The normalized spacial score (nSPS) is 12.8. The van der Waals surface area contributed by atoms with Crippen molar-refractivity contribution in [2.75, 3.05) is 6.61 Å². The molecular weight excluding hydrogens is 436 g/mol. The molecule has 5 nitrogen and oxygen atoms in total. The van der Waals surface area contributed by atoms with E-state index in [1.165, 1.54) is 22.3 Å². The van der Waals surface area contributed by atoms with E-state index in [9.17, 15) is 4.79 Å². The molecule has 35 heavy (non-hydrogen) atoms. The van der Waals surface area contributed by atoms with Gasteiger partial charge in [-0.3, -0.25) is 4.79 Å². The van der Waals surface area contributed by atoms with Crippen molar-refractivity contribution in [3.63, 3.8) is 0 Å². The number of carbonyl (C=O) groups is 1. The van der Waals surface area contributed by atoms with E-state index in [0.29, 0.717) is 37.0 Å². The number of ether oxygens (including phenoxy) is 2. The van der Waals surface area contributed by atoms with Crippen LogP contribution in [0.25, 0.3) is 11.1 Å². The lowest BCUT2D eigenvalue weighted by molar-refractivity contribution is 0.0993. The van der Waals surface area contributed by atoms with E-state index in [-0.39, 0.29) is 5.91 Å². The Labute approximate surface area is 205 Å². The summed E-state index contributed by atoms with van der Waals surface area (Å²) < 4.78 is 11.7. The minimum absolute atomic E-state index is 0.327. The molecule has 5 heteroatoms.